The summed E-state index contributed by atoms with van der Waals surface area (Å²) in [6, 6.07) is 0.514. The van der Waals surface area contributed by atoms with Crippen molar-refractivity contribution in [3.05, 3.63) is 0 Å². The summed E-state index contributed by atoms with van der Waals surface area (Å²) in [5.41, 5.74) is -0.00548. The average Bonchev–Trinajstić information content (AvgIpc) is 2.45. The van der Waals surface area contributed by atoms with Crippen molar-refractivity contribution in [1.29, 1.82) is 0 Å². The molecule has 0 aliphatic heterocycles. The van der Waals surface area contributed by atoms with Gasteiger partial charge in [0.2, 0.25) is 0 Å². The van der Waals surface area contributed by atoms with Crippen LogP contribution in [0.25, 0.3) is 0 Å². The highest BCUT2D eigenvalue weighted by Gasteiger charge is 2.39. The van der Waals surface area contributed by atoms with Gasteiger partial charge in [0.15, 0.2) is 0 Å². The van der Waals surface area contributed by atoms with E-state index in [9.17, 15) is 0 Å². The molecule has 0 spiro atoms. The molecule has 1 saturated carbocycles. The molecule has 0 saturated heterocycles. The van der Waals surface area contributed by atoms with Crippen molar-refractivity contribution >= 4 is 0 Å². The first-order chi connectivity index (χ1) is 9.11. The molecule has 2 heteroatoms. The van der Waals surface area contributed by atoms with E-state index in [1.807, 2.05) is 0 Å². The maximum atomic E-state index is 6.14. The van der Waals surface area contributed by atoms with E-state index >= 15 is 0 Å². The van der Waals surface area contributed by atoms with Crippen molar-refractivity contribution in [3.63, 3.8) is 0 Å². The summed E-state index contributed by atoms with van der Waals surface area (Å²) < 4.78 is 6.14. The minimum Gasteiger partial charge on any atom is -0.374 e. The SMILES string of the molecule is CCNC(C1CCC(CC)CC1)C(C)(CC)OCC. The first kappa shape index (κ1) is 17.0. The van der Waals surface area contributed by atoms with E-state index in [4.69, 9.17) is 4.74 Å². The van der Waals surface area contributed by atoms with Crippen LogP contribution in [0.3, 0.4) is 0 Å². The lowest BCUT2D eigenvalue weighted by Crippen LogP contribution is -2.55. The predicted octanol–water partition coefficient (Wildman–Crippen LogP) is 4.39. The molecule has 0 heterocycles. The lowest BCUT2D eigenvalue weighted by Gasteiger charge is -2.44. The molecular formula is C17H35NO. The van der Waals surface area contributed by atoms with E-state index < -0.39 is 0 Å². The average molecular weight is 269 g/mol. The lowest BCUT2D eigenvalue weighted by atomic mass is 9.72. The number of ether oxygens (including phenoxy) is 1. The molecule has 0 radical (unpaired) electrons. The maximum Gasteiger partial charge on any atom is 0.0806 e. The molecule has 0 aromatic rings. The third kappa shape index (κ3) is 4.46. The third-order valence-corrected chi connectivity index (χ3v) is 5.20. The number of hydrogen-bond acceptors (Lipinski definition) is 2. The molecule has 2 unspecified atom stereocenters. The van der Waals surface area contributed by atoms with E-state index in [0.29, 0.717) is 6.04 Å². The first-order valence-corrected chi connectivity index (χ1v) is 8.48. The van der Waals surface area contributed by atoms with Gasteiger partial charge in [0.25, 0.3) is 0 Å². The van der Waals surface area contributed by atoms with Crippen LogP contribution >= 0.6 is 0 Å². The lowest BCUT2D eigenvalue weighted by molar-refractivity contribution is -0.0740. The molecule has 19 heavy (non-hydrogen) atoms. The Morgan fingerprint density at radius 2 is 1.74 bits per heavy atom. The van der Waals surface area contributed by atoms with Crippen molar-refractivity contribution in [1.82, 2.24) is 5.32 Å². The minimum absolute atomic E-state index is 0.00548. The molecule has 1 rings (SSSR count). The highest BCUT2D eigenvalue weighted by atomic mass is 16.5. The molecular weight excluding hydrogens is 234 g/mol. The zero-order chi connectivity index (χ0) is 14.3. The molecule has 0 amide bonds. The first-order valence-electron chi connectivity index (χ1n) is 8.48. The van der Waals surface area contributed by atoms with E-state index in [1.165, 1.54) is 32.1 Å². The molecule has 1 aliphatic rings. The van der Waals surface area contributed by atoms with Gasteiger partial charge in [-0.1, -0.05) is 40.0 Å². The van der Waals surface area contributed by atoms with Gasteiger partial charge in [-0.05, 0) is 51.5 Å². The highest BCUT2D eigenvalue weighted by molar-refractivity contribution is 4.94. The smallest absolute Gasteiger partial charge is 0.0806 e. The van der Waals surface area contributed by atoms with Crippen molar-refractivity contribution in [2.45, 2.75) is 84.8 Å². The molecule has 1 N–H and O–H groups in total. The zero-order valence-corrected chi connectivity index (χ0v) is 13.8. The van der Waals surface area contributed by atoms with Gasteiger partial charge in [-0.2, -0.15) is 0 Å². The monoisotopic (exact) mass is 269 g/mol. The van der Waals surface area contributed by atoms with Crippen LogP contribution in [0.5, 0.6) is 0 Å². The maximum absolute atomic E-state index is 6.14. The fourth-order valence-corrected chi connectivity index (χ4v) is 3.77. The van der Waals surface area contributed by atoms with E-state index in [1.54, 1.807) is 0 Å². The van der Waals surface area contributed by atoms with Crippen LogP contribution in [0, 0.1) is 11.8 Å². The van der Waals surface area contributed by atoms with E-state index in [2.05, 4.69) is 39.9 Å². The molecule has 2 atom stereocenters. The number of nitrogens with one attached hydrogen (secondary N) is 1. The summed E-state index contributed by atoms with van der Waals surface area (Å²) in [6.45, 7) is 13.1. The summed E-state index contributed by atoms with van der Waals surface area (Å²) in [5, 5.41) is 3.74. The fraction of sp³-hybridized carbons (Fsp3) is 1.00. The van der Waals surface area contributed by atoms with Crippen LogP contribution in [0.1, 0.15) is 73.1 Å². The van der Waals surface area contributed by atoms with Crippen LogP contribution in [0.2, 0.25) is 0 Å². The van der Waals surface area contributed by atoms with Crippen LogP contribution in [0.15, 0.2) is 0 Å². The predicted molar refractivity (Wildman–Crippen MR) is 83.5 cm³/mol. The molecule has 1 fully saturated rings. The van der Waals surface area contributed by atoms with Crippen molar-refractivity contribution in [2.24, 2.45) is 11.8 Å². The van der Waals surface area contributed by atoms with Gasteiger partial charge in [-0.3, -0.25) is 0 Å². The van der Waals surface area contributed by atoms with Crippen molar-refractivity contribution < 1.29 is 4.74 Å². The summed E-state index contributed by atoms with van der Waals surface area (Å²) in [6.07, 6.45) is 8.02. The third-order valence-electron chi connectivity index (χ3n) is 5.20. The normalized spacial score (nSPS) is 28.9. The molecule has 0 bridgehead atoms. The Hall–Kier alpha value is -0.0800. The molecule has 0 aromatic carbocycles. The molecule has 2 nitrogen and oxygen atoms in total. The Balaban J connectivity index is 2.71. The van der Waals surface area contributed by atoms with Crippen LogP contribution in [0.4, 0.5) is 0 Å². The van der Waals surface area contributed by atoms with Crippen LogP contribution in [-0.4, -0.2) is 24.8 Å². The van der Waals surface area contributed by atoms with Crippen LogP contribution < -0.4 is 5.32 Å². The second kappa shape index (κ2) is 8.26. The Morgan fingerprint density at radius 3 is 2.16 bits per heavy atom. The van der Waals surface area contributed by atoms with Gasteiger partial charge in [0.05, 0.1) is 5.60 Å². The molecule has 114 valence electrons. The van der Waals surface area contributed by atoms with Gasteiger partial charge in [-0.15, -0.1) is 0 Å². The van der Waals surface area contributed by atoms with E-state index in [-0.39, 0.29) is 5.60 Å². The number of rotatable bonds is 8. The Bertz CT molecular complexity index is 235. The Kier molecular flexibility index (Phi) is 7.38. The quantitative estimate of drug-likeness (QED) is 0.706. The van der Waals surface area contributed by atoms with Crippen LogP contribution in [-0.2, 0) is 4.74 Å². The second-order valence-corrected chi connectivity index (χ2v) is 6.32. The van der Waals surface area contributed by atoms with Gasteiger partial charge in [-0.25, -0.2) is 0 Å². The largest absolute Gasteiger partial charge is 0.374 e. The summed E-state index contributed by atoms with van der Waals surface area (Å²) in [4.78, 5) is 0. The van der Waals surface area contributed by atoms with Gasteiger partial charge in [0.1, 0.15) is 0 Å². The van der Waals surface area contributed by atoms with Crippen molar-refractivity contribution in [3.8, 4) is 0 Å². The molecule has 1 aliphatic carbocycles. The van der Waals surface area contributed by atoms with E-state index in [0.717, 1.165) is 31.4 Å². The van der Waals surface area contributed by atoms with Gasteiger partial charge in [0, 0.05) is 12.6 Å². The molecule has 0 aromatic heterocycles. The number of likely N-dealkylation sites (N-methyl/N-ethyl adjacent to an activating group) is 1. The summed E-state index contributed by atoms with van der Waals surface area (Å²) in [5.74, 6) is 1.76. The summed E-state index contributed by atoms with van der Waals surface area (Å²) in [7, 11) is 0. The fourth-order valence-electron chi connectivity index (χ4n) is 3.77. The second-order valence-electron chi connectivity index (χ2n) is 6.32. The van der Waals surface area contributed by atoms with Gasteiger partial charge < -0.3 is 10.1 Å². The highest BCUT2D eigenvalue weighted by Crippen LogP contribution is 2.37. The Labute approximate surface area is 120 Å². The van der Waals surface area contributed by atoms with Gasteiger partial charge >= 0.3 is 0 Å². The topological polar surface area (TPSA) is 21.3 Å². The standard InChI is InChI=1S/C17H35NO/c1-6-14-10-12-15(13-11-14)16(18-8-3)17(5,7-2)19-9-4/h14-16,18H,6-13H2,1-5H3. The van der Waals surface area contributed by atoms with Crippen molar-refractivity contribution in [2.75, 3.05) is 13.2 Å². The summed E-state index contributed by atoms with van der Waals surface area (Å²) >= 11 is 0. The minimum atomic E-state index is -0.00548. The number of hydrogen-bond donors (Lipinski definition) is 1. The zero-order valence-electron chi connectivity index (χ0n) is 13.8. The Morgan fingerprint density at radius 1 is 1.11 bits per heavy atom.